The smallest absolute Gasteiger partial charge is 0.151 e. The third-order valence-corrected chi connectivity index (χ3v) is 1.62. The Morgan fingerprint density at radius 3 is 2.55 bits per heavy atom. The van der Waals surface area contributed by atoms with Crippen molar-refractivity contribution in [2.24, 2.45) is 16.7 Å². The average Bonchev–Trinajstić information content (AvgIpc) is 2.04. The molecule has 1 rings (SSSR count). The largest absolute Gasteiger partial charge is 0.382 e. The number of benzene rings is 1. The third kappa shape index (κ3) is 1.62. The monoisotopic (exact) mass is 169 g/mol. The first kappa shape index (κ1) is 7.88. The minimum absolute atomic E-state index is 0.246. The van der Waals surface area contributed by atoms with E-state index in [0.717, 1.165) is 0 Å². The minimum atomic E-state index is 0.246. The Labute approximate surface area is 69.6 Å². The van der Waals surface area contributed by atoms with E-state index in [1.165, 1.54) is 0 Å². The summed E-state index contributed by atoms with van der Waals surface area (Å²) in [6, 6.07) is 7.12. The van der Waals surface area contributed by atoms with Crippen LogP contribution in [0.25, 0.3) is 0 Å². The number of nitrogens with two attached hydrogens (primary N) is 2. The van der Waals surface area contributed by atoms with Gasteiger partial charge in [0.25, 0.3) is 0 Å². The predicted molar refractivity (Wildman–Crippen MR) is 46.4 cm³/mol. The Morgan fingerprint density at radius 2 is 2.00 bits per heavy atom. The summed E-state index contributed by atoms with van der Waals surface area (Å²) >= 11 is 5.78. The summed E-state index contributed by atoms with van der Waals surface area (Å²) in [6.45, 7) is 0. The average molecular weight is 170 g/mol. The van der Waals surface area contributed by atoms with Crippen molar-refractivity contribution in [1.29, 1.82) is 0 Å². The minimum Gasteiger partial charge on any atom is -0.382 e. The lowest BCUT2D eigenvalue weighted by atomic mass is 10.2. The predicted octanol–water partition coefficient (Wildman–Crippen LogP) is 0.919. The first-order valence-corrected chi connectivity index (χ1v) is 3.41. The van der Waals surface area contributed by atoms with Crippen molar-refractivity contribution < 1.29 is 0 Å². The third-order valence-electron chi connectivity index (χ3n) is 1.29. The van der Waals surface area contributed by atoms with Crippen LogP contribution >= 0.6 is 11.6 Å². The molecule has 3 nitrogen and oxygen atoms in total. The SMILES string of the molecule is N/N=C(/N)c1ccccc1Cl. The summed E-state index contributed by atoms with van der Waals surface area (Å²) in [5, 5.41) is 3.88. The Morgan fingerprint density at radius 1 is 1.36 bits per heavy atom. The Bertz CT molecular complexity index is 283. The molecule has 0 saturated carbocycles. The van der Waals surface area contributed by atoms with Crippen LogP contribution in [0.15, 0.2) is 29.4 Å². The quantitative estimate of drug-likeness (QED) is 0.284. The molecule has 0 spiro atoms. The van der Waals surface area contributed by atoms with E-state index >= 15 is 0 Å². The summed E-state index contributed by atoms with van der Waals surface area (Å²) < 4.78 is 0. The van der Waals surface area contributed by atoms with Gasteiger partial charge in [0.15, 0.2) is 5.84 Å². The summed E-state index contributed by atoms with van der Waals surface area (Å²) in [5.74, 6) is 5.22. The molecule has 0 aliphatic heterocycles. The van der Waals surface area contributed by atoms with Gasteiger partial charge in [0.1, 0.15) is 0 Å². The van der Waals surface area contributed by atoms with Gasteiger partial charge in [0.05, 0.1) is 5.02 Å². The van der Waals surface area contributed by atoms with E-state index in [-0.39, 0.29) is 5.84 Å². The first-order chi connectivity index (χ1) is 5.25. The number of halogens is 1. The van der Waals surface area contributed by atoms with Crippen LogP contribution in [0.3, 0.4) is 0 Å². The maximum absolute atomic E-state index is 5.78. The summed E-state index contributed by atoms with van der Waals surface area (Å²) in [6.07, 6.45) is 0. The molecular weight excluding hydrogens is 162 g/mol. The van der Waals surface area contributed by atoms with E-state index in [9.17, 15) is 0 Å². The van der Waals surface area contributed by atoms with Gasteiger partial charge in [-0.1, -0.05) is 23.7 Å². The highest BCUT2D eigenvalue weighted by molar-refractivity contribution is 6.34. The fourth-order valence-corrected chi connectivity index (χ4v) is 0.971. The molecule has 0 aromatic heterocycles. The zero-order chi connectivity index (χ0) is 8.27. The molecule has 0 radical (unpaired) electrons. The van der Waals surface area contributed by atoms with Crippen LogP contribution in [0.4, 0.5) is 0 Å². The summed E-state index contributed by atoms with van der Waals surface area (Å²) in [4.78, 5) is 0. The molecule has 0 saturated heterocycles. The van der Waals surface area contributed by atoms with E-state index < -0.39 is 0 Å². The fourth-order valence-electron chi connectivity index (χ4n) is 0.738. The Balaban J connectivity index is 3.14. The second-order valence-electron chi connectivity index (χ2n) is 1.99. The van der Waals surface area contributed by atoms with Crippen LogP contribution in [-0.4, -0.2) is 5.84 Å². The van der Waals surface area contributed by atoms with Gasteiger partial charge in [-0.05, 0) is 12.1 Å². The summed E-state index contributed by atoms with van der Waals surface area (Å²) in [7, 11) is 0. The second kappa shape index (κ2) is 3.25. The zero-order valence-corrected chi connectivity index (χ0v) is 6.55. The van der Waals surface area contributed by atoms with Gasteiger partial charge in [-0.25, -0.2) is 0 Å². The van der Waals surface area contributed by atoms with E-state index in [1.807, 2.05) is 12.1 Å². The van der Waals surface area contributed by atoms with E-state index in [2.05, 4.69) is 5.10 Å². The standard InChI is InChI=1S/C7H8ClN3/c8-6-4-2-1-3-5(6)7(9)11-10/h1-4H,10H2,(H2,9,11). The van der Waals surface area contributed by atoms with Gasteiger partial charge >= 0.3 is 0 Å². The van der Waals surface area contributed by atoms with Crippen molar-refractivity contribution in [1.82, 2.24) is 0 Å². The lowest BCUT2D eigenvalue weighted by Crippen LogP contribution is -2.15. The van der Waals surface area contributed by atoms with Crippen LogP contribution in [0, 0.1) is 0 Å². The Hall–Kier alpha value is -1.22. The maximum Gasteiger partial charge on any atom is 0.151 e. The molecule has 0 aliphatic rings. The number of hydrogen-bond donors (Lipinski definition) is 2. The van der Waals surface area contributed by atoms with E-state index in [4.69, 9.17) is 23.2 Å². The highest BCUT2D eigenvalue weighted by Crippen LogP contribution is 2.13. The van der Waals surface area contributed by atoms with Crippen molar-refractivity contribution in [3.63, 3.8) is 0 Å². The molecule has 0 atom stereocenters. The molecule has 1 aromatic carbocycles. The number of rotatable bonds is 1. The number of hydrogen-bond acceptors (Lipinski definition) is 2. The Kier molecular flexibility index (Phi) is 2.33. The van der Waals surface area contributed by atoms with Crippen molar-refractivity contribution >= 4 is 17.4 Å². The molecule has 58 valence electrons. The number of amidine groups is 1. The van der Waals surface area contributed by atoms with Gasteiger partial charge in [0.2, 0.25) is 0 Å². The lowest BCUT2D eigenvalue weighted by Gasteiger charge is -1.99. The molecular formula is C7H8ClN3. The molecule has 0 unspecified atom stereocenters. The molecule has 11 heavy (non-hydrogen) atoms. The van der Waals surface area contributed by atoms with Crippen LogP contribution in [0.2, 0.25) is 5.02 Å². The molecule has 0 heterocycles. The van der Waals surface area contributed by atoms with Crippen LogP contribution < -0.4 is 11.6 Å². The van der Waals surface area contributed by atoms with E-state index in [1.54, 1.807) is 12.1 Å². The van der Waals surface area contributed by atoms with Gasteiger partial charge in [-0.2, -0.15) is 5.10 Å². The van der Waals surface area contributed by atoms with Crippen molar-refractivity contribution in [3.8, 4) is 0 Å². The van der Waals surface area contributed by atoms with Crippen molar-refractivity contribution in [2.75, 3.05) is 0 Å². The number of hydrazone groups is 1. The normalized spacial score (nSPS) is 11.5. The van der Waals surface area contributed by atoms with Crippen LogP contribution in [-0.2, 0) is 0 Å². The van der Waals surface area contributed by atoms with Crippen molar-refractivity contribution in [2.45, 2.75) is 0 Å². The zero-order valence-electron chi connectivity index (χ0n) is 5.79. The van der Waals surface area contributed by atoms with Gasteiger partial charge < -0.3 is 11.6 Å². The van der Waals surface area contributed by atoms with Gasteiger partial charge in [0, 0.05) is 5.56 Å². The molecule has 0 bridgehead atoms. The molecule has 0 fully saturated rings. The topological polar surface area (TPSA) is 64.4 Å². The molecule has 0 amide bonds. The highest BCUT2D eigenvalue weighted by atomic mass is 35.5. The van der Waals surface area contributed by atoms with Gasteiger partial charge in [-0.3, -0.25) is 0 Å². The van der Waals surface area contributed by atoms with Gasteiger partial charge in [-0.15, -0.1) is 0 Å². The van der Waals surface area contributed by atoms with Crippen LogP contribution in [0.1, 0.15) is 5.56 Å². The second-order valence-corrected chi connectivity index (χ2v) is 2.40. The summed E-state index contributed by atoms with van der Waals surface area (Å²) in [5.41, 5.74) is 6.10. The highest BCUT2D eigenvalue weighted by Gasteiger charge is 2.01. The molecule has 4 N–H and O–H groups in total. The van der Waals surface area contributed by atoms with E-state index in [0.29, 0.717) is 10.6 Å². The molecule has 0 aliphatic carbocycles. The molecule has 4 heteroatoms. The van der Waals surface area contributed by atoms with Crippen molar-refractivity contribution in [3.05, 3.63) is 34.9 Å². The maximum atomic E-state index is 5.78. The lowest BCUT2D eigenvalue weighted by molar-refractivity contribution is 1.23. The molecule has 1 aromatic rings. The van der Waals surface area contributed by atoms with Crippen LogP contribution in [0.5, 0.6) is 0 Å². The number of nitrogens with zero attached hydrogens (tertiary/aromatic N) is 1. The fraction of sp³-hybridized carbons (Fsp3) is 0. The first-order valence-electron chi connectivity index (χ1n) is 3.04.